The minimum atomic E-state index is -0.00986. The van der Waals surface area contributed by atoms with Crippen LogP contribution in [0.3, 0.4) is 0 Å². The highest BCUT2D eigenvalue weighted by Crippen LogP contribution is 2.25. The molecule has 2 rings (SSSR count). The predicted molar refractivity (Wildman–Crippen MR) is 78.2 cm³/mol. The molecule has 4 nitrogen and oxygen atoms in total. The average molecular weight is 261 g/mol. The lowest BCUT2D eigenvalue weighted by Crippen LogP contribution is -2.36. The van der Waals surface area contributed by atoms with E-state index in [2.05, 4.69) is 17.1 Å². The summed E-state index contributed by atoms with van der Waals surface area (Å²) >= 11 is 0. The highest BCUT2D eigenvalue weighted by molar-refractivity contribution is 5.95. The molecule has 1 fully saturated rings. The van der Waals surface area contributed by atoms with Gasteiger partial charge in [0.25, 0.3) is 5.91 Å². The molecule has 0 aromatic heterocycles. The van der Waals surface area contributed by atoms with Crippen LogP contribution in [0, 0.1) is 6.92 Å². The van der Waals surface area contributed by atoms with Crippen LogP contribution in [0.4, 0.5) is 5.69 Å². The standard InChI is InChI=1S/C15H23N3O/c1-3-18(13-5-6-13)9-8-17-15(19)14-7-4-12(16)10-11(14)2/h4,7,10,13H,3,5-6,8-9,16H2,1-2H3,(H,17,19). The fraction of sp³-hybridized carbons (Fsp3) is 0.533. The van der Waals surface area contributed by atoms with Crippen LogP contribution in [-0.4, -0.2) is 36.5 Å². The zero-order valence-electron chi connectivity index (χ0n) is 11.8. The summed E-state index contributed by atoms with van der Waals surface area (Å²) in [6.07, 6.45) is 2.61. The largest absolute Gasteiger partial charge is 0.399 e. The Labute approximate surface area is 115 Å². The number of nitrogen functional groups attached to an aromatic ring is 1. The molecule has 0 heterocycles. The number of nitrogens with two attached hydrogens (primary N) is 1. The summed E-state index contributed by atoms with van der Waals surface area (Å²) in [4.78, 5) is 14.5. The maximum absolute atomic E-state index is 12.1. The first-order valence-electron chi connectivity index (χ1n) is 7.00. The van der Waals surface area contributed by atoms with Crippen molar-refractivity contribution in [2.24, 2.45) is 0 Å². The van der Waals surface area contributed by atoms with Gasteiger partial charge in [-0.2, -0.15) is 0 Å². The van der Waals surface area contributed by atoms with Crippen LogP contribution in [-0.2, 0) is 0 Å². The molecule has 0 saturated heterocycles. The van der Waals surface area contributed by atoms with Gasteiger partial charge in [0.15, 0.2) is 0 Å². The van der Waals surface area contributed by atoms with Gasteiger partial charge in [-0.05, 0) is 50.1 Å². The molecule has 0 aliphatic heterocycles. The van der Waals surface area contributed by atoms with Crippen LogP contribution in [0.15, 0.2) is 18.2 Å². The number of amides is 1. The van der Waals surface area contributed by atoms with E-state index >= 15 is 0 Å². The third-order valence-electron chi connectivity index (χ3n) is 3.65. The molecule has 1 saturated carbocycles. The van der Waals surface area contributed by atoms with Crippen LogP contribution in [0.2, 0.25) is 0 Å². The number of rotatable bonds is 6. The van der Waals surface area contributed by atoms with Gasteiger partial charge in [0, 0.05) is 30.4 Å². The molecule has 1 aliphatic rings. The van der Waals surface area contributed by atoms with Crippen molar-refractivity contribution in [3.8, 4) is 0 Å². The molecule has 0 unspecified atom stereocenters. The Morgan fingerprint density at radius 1 is 1.47 bits per heavy atom. The summed E-state index contributed by atoms with van der Waals surface area (Å²) in [7, 11) is 0. The van der Waals surface area contributed by atoms with Gasteiger partial charge < -0.3 is 11.1 Å². The average Bonchev–Trinajstić information content (AvgIpc) is 3.18. The molecule has 1 aromatic carbocycles. The molecule has 4 heteroatoms. The van der Waals surface area contributed by atoms with E-state index in [-0.39, 0.29) is 5.91 Å². The molecule has 0 atom stereocenters. The van der Waals surface area contributed by atoms with E-state index in [9.17, 15) is 4.79 Å². The molecule has 0 bridgehead atoms. The summed E-state index contributed by atoms with van der Waals surface area (Å²) in [6.45, 7) is 6.77. The highest BCUT2D eigenvalue weighted by Gasteiger charge is 2.27. The van der Waals surface area contributed by atoms with E-state index in [1.165, 1.54) is 12.8 Å². The Kier molecular flexibility index (Phi) is 4.43. The molecule has 0 radical (unpaired) electrons. The third-order valence-corrected chi connectivity index (χ3v) is 3.65. The van der Waals surface area contributed by atoms with E-state index < -0.39 is 0 Å². The SMILES string of the molecule is CCN(CCNC(=O)c1ccc(N)cc1C)C1CC1. The van der Waals surface area contributed by atoms with Gasteiger partial charge in [0.05, 0.1) is 0 Å². The predicted octanol–water partition coefficient (Wildman–Crippen LogP) is 1.79. The summed E-state index contributed by atoms with van der Waals surface area (Å²) < 4.78 is 0. The number of hydrogen-bond donors (Lipinski definition) is 2. The molecular formula is C15H23N3O. The van der Waals surface area contributed by atoms with E-state index in [0.29, 0.717) is 17.8 Å². The van der Waals surface area contributed by atoms with E-state index in [4.69, 9.17) is 5.73 Å². The smallest absolute Gasteiger partial charge is 0.251 e. The maximum Gasteiger partial charge on any atom is 0.251 e. The van der Waals surface area contributed by atoms with Crippen molar-refractivity contribution in [3.63, 3.8) is 0 Å². The summed E-state index contributed by atoms with van der Waals surface area (Å²) in [5.41, 5.74) is 8.02. The van der Waals surface area contributed by atoms with Crippen molar-refractivity contribution in [2.45, 2.75) is 32.7 Å². The number of hydrogen-bond acceptors (Lipinski definition) is 3. The second-order valence-electron chi connectivity index (χ2n) is 5.19. The van der Waals surface area contributed by atoms with Crippen LogP contribution in [0.5, 0.6) is 0 Å². The minimum absolute atomic E-state index is 0.00986. The fourth-order valence-electron chi connectivity index (χ4n) is 2.39. The Morgan fingerprint density at radius 3 is 2.79 bits per heavy atom. The van der Waals surface area contributed by atoms with Gasteiger partial charge in [0.1, 0.15) is 0 Å². The quantitative estimate of drug-likeness (QED) is 0.768. The topological polar surface area (TPSA) is 58.4 Å². The maximum atomic E-state index is 12.1. The van der Waals surface area contributed by atoms with Gasteiger partial charge in [-0.25, -0.2) is 0 Å². The van der Waals surface area contributed by atoms with Gasteiger partial charge in [-0.3, -0.25) is 9.69 Å². The zero-order chi connectivity index (χ0) is 13.8. The van der Waals surface area contributed by atoms with Crippen LogP contribution in [0.25, 0.3) is 0 Å². The Hall–Kier alpha value is -1.55. The first-order chi connectivity index (χ1) is 9.11. The Bertz CT molecular complexity index is 455. The third kappa shape index (κ3) is 3.70. The number of carbonyl (C=O) groups is 1. The number of carbonyl (C=O) groups excluding carboxylic acids is 1. The van der Waals surface area contributed by atoms with Crippen molar-refractivity contribution in [2.75, 3.05) is 25.4 Å². The van der Waals surface area contributed by atoms with Crippen LogP contribution in [0.1, 0.15) is 35.7 Å². The second-order valence-corrected chi connectivity index (χ2v) is 5.19. The zero-order valence-corrected chi connectivity index (χ0v) is 11.8. The Morgan fingerprint density at radius 2 is 2.21 bits per heavy atom. The van der Waals surface area contributed by atoms with Gasteiger partial charge in [-0.1, -0.05) is 6.92 Å². The van der Waals surface area contributed by atoms with E-state index in [1.807, 2.05) is 13.0 Å². The van der Waals surface area contributed by atoms with Crippen molar-refractivity contribution >= 4 is 11.6 Å². The number of nitrogens with zero attached hydrogens (tertiary/aromatic N) is 1. The number of aryl methyl sites for hydroxylation is 1. The minimum Gasteiger partial charge on any atom is -0.399 e. The van der Waals surface area contributed by atoms with Gasteiger partial charge in [-0.15, -0.1) is 0 Å². The number of nitrogens with one attached hydrogen (secondary N) is 1. The molecule has 1 aromatic rings. The Balaban J connectivity index is 1.83. The van der Waals surface area contributed by atoms with E-state index in [1.54, 1.807) is 12.1 Å². The number of benzene rings is 1. The van der Waals surface area contributed by atoms with Crippen LogP contribution >= 0.6 is 0 Å². The summed E-state index contributed by atoms with van der Waals surface area (Å²) in [6, 6.07) is 6.14. The first kappa shape index (κ1) is 13.9. The molecule has 19 heavy (non-hydrogen) atoms. The number of likely N-dealkylation sites (N-methyl/N-ethyl adjacent to an activating group) is 1. The normalized spacial score (nSPS) is 14.7. The van der Waals surface area contributed by atoms with Crippen molar-refractivity contribution < 1.29 is 4.79 Å². The van der Waals surface area contributed by atoms with Gasteiger partial charge in [0.2, 0.25) is 0 Å². The lowest BCUT2D eigenvalue weighted by atomic mass is 10.1. The molecular weight excluding hydrogens is 238 g/mol. The monoisotopic (exact) mass is 261 g/mol. The lowest BCUT2D eigenvalue weighted by molar-refractivity contribution is 0.0947. The molecule has 104 valence electrons. The van der Waals surface area contributed by atoms with Crippen molar-refractivity contribution in [1.82, 2.24) is 10.2 Å². The fourth-order valence-corrected chi connectivity index (χ4v) is 2.39. The van der Waals surface area contributed by atoms with E-state index in [0.717, 1.165) is 24.7 Å². The number of anilines is 1. The molecule has 1 amide bonds. The lowest BCUT2D eigenvalue weighted by Gasteiger charge is -2.19. The second kappa shape index (κ2) is 6.06. The van der Waals surface area contributed by atoms with Crippen molar-refractivity contribution in [3.05, 3.63) is 29.3 Å². The molecule has 3 N–H and O–H groups in total. The van der Waals surface area contributed by atoms with Gasteiger partial charge >= 0.3 is 0 Å². The summed E-state index contributed by atoms with van der Waals surface area (Å²) in [5.74, 6) is -0.00986. The van der Waals surface area contributed by atoms with Crippen molar-refractivity contribution in [1.29, 1.82) is 0 Å². The summed E-state index contributed by atoms with van der Waals surface area (Å²) in [5, 5.41) is 2.99. The first-order valence-corrected chi connectivity index (χ1v) is 7.00. The highest BCUT2D eigenvalue weighted by atomic mass is 16.1. The van der Waals surface area contributed by atoms with Crippen LogP contribution < -0.4 is 11.1 Å². The molecule has 1 aliphatic carbocycles. The molecule has 0 spiro atoms.